The Morgan fingerprint density at radius 1 is 1.27 bits per heavy atom. The van der Waals surface area contributed by atoms with Gasteiger partial charge in [0, 0.05) is 41.2 Å². The molecule has 2 aliphatic rings. The minimum Gasteiger partial charge on any atom is -0.376 e. The summed E-state index contributed by atoms with van der Waals surface area (Å²) in [6.45, 7) is 10.5. The average molecular weight is 410 g/mol. The molecule has 1 aliphatic carbocycles. The summed E-state index contributed by atoms with van der Waals surface area (Å²) < 4.78 is 2.28. The maximum atomic E-state index is 13.1. The highest BCUT2D eigenvalue weighted by Crippen LogP contribution is 2.40. The number of ketones is 1. The number of benzene rings is 1. The summed E-state index contributed by atoms with van der Waals surface area (Å²) in [6.07, 6.45) is 3.43. The molecule has 1 aliphatic heterocycles. The van der Waals surface area contributed by atoms with Crippen molar-refractivity contribution in [3.63, 3.8) is 0 Å². The molecule has 0 fully saturated rings. The third-order valence-electron chi connectivity index (χ3n) is 6.47. The van der Waals surface area contributed by atoms with Crippen molar-refractivity contribution in [1.82, 2.24) is 4.57 Å². The second kappa shape index (κ2) is 7.58. The van der Waals surface area contributed by atoms with Gasteiger partial charge < -0.3 is 20.9 Å². The Labute approximate surface area is 178 Å². The van der Waals surface area contributed by atoms with Crippen molar-refractivity contribution in [1.29, 1.82) is 0 Å². The SMILES string of the molecule is Cc1c2c(n3c1CCC[NH2+]C[C@H](C)Nc1cc-3ccc1C(N)=O)CC(C)(C)CC2=O. The van der Waals surface area contributed by atoms with E-state index in [0.717, 1.165) is 60.5 Å². The predicted molar refractivity (Wildman–Crippen MR) is 119 cm³/mol. The van der Waals surface area contributed by atoms with Gasteiger partial charge in [0.2, 0.25) is 0 Å². The number of primary amides is 1. The van der Waals surface area contributed by atoms with Gasteiger partial charge in [0.1, 0.15) is 0 Å². The highest BCUT2D eigenvalue weighted by molar-refractivity contribution is 6.01. The van der Waals surface area contributed by atoms with Gasteiger partial charge in [-0.05, 0) is 55.9 Å². The Morgan fingerprint density at radius 2 is 2.03 bits per heavy atom. The quantitative estimate of drug-likeness (QED) is 0.675. The van der Waals surface area contributed by atoms with E-state index in [9.17, 15) is 9.59 Å². The second-order valence-corrected chi connectivity index (χ2v) is 9.73. The number of Topliss-reactive ketones (excluding diaryl/α,β-unsaturated/α-hetero) is 1. The maximum Gasteiger partial charge on any atom is 0.250 e. The molecule has 6 heteroatoms. The van der Waals surface area contributed by atoms with Crippen LogP contribution >= 0.6 is 0 Å². The van der Waals surface area contributed by atoms with Crippen molar-refractivity contribution in [3.8, 4) is 5.69 Å². The molecule has 5 N–H and O–H groups in total. The molecule has 1 aromatic heterocycles. The van der Waals surface area contributed by atoms with Crippen LogP contribution in [0.5, 0.6) is 0 Å². The van der Waals surface area contributed by atoms with Gasteiger partial charge in [-0.25, -0.2) is 0 Å². The van der Waals surface area contributed by atoms with Crippen LogP contribution in [-0.4, -0.2) is 35.4 Å². The highest BCUT2D eigenvalue weighted by atomic mass is 16.1. The van der Waals surface area contributed by atoms with Crippen molar-refractivity contribution in [3.05, 3.63) is 46.3 Å². The zero-order chi connectivity index (χ0) is 21.6. The molecule has 6 nitrogen and oxygen atoms in total. The van der Waals surface area contributed by atoms with E-state index in [2.05, 4.69) is 42.9 Å². The molecule has 0 radical (unpaired) electrons. The summed E-state index contributed by atoms with van der Waals surface area (Å²) in [5.74, 6) is -0.190. The zero-order valence-electron chi connectivity index (χ0n) is 18.5. The van der Waals surface area contributed by atoms with Gasteiger partial charge >= 0.3 is 0 Å². The lowest BCUT2D eigenvalue weighted by Crippen LogP contribution is -2.86. The van der Waals surface area contributed by atoms with Gasteiger partial charge in [0.05, 0.1) is 24.7 Å². The van der Waals surface area contributed by atoms with Gasteiger partial charge in [0.15, 0.2) is 5.78 Å². The predicted octanol–water partition coefficient (Wildman–Crippen LogP) is 2.35. The summed E-state index contributed by atoms with van der Waals surface area (Å²) in [6, 6.07) is 6.00. The topological polar surface area (TPSA) is 93.7 Å². The molecule has 1 atom stereocenters. The normalized spacial score (nSPS) is 20.9. The number of amides is 1. The molecule has 0 saturated carbocycles. The number of anilines is 1. The van der Waals surface area contributed by atoms with Crippen LogP contribution in [0.25, 0.3) is 5.69 Å². The minimum atomic E-state index is -0.436. The smallest absolute Gasteiger partial charge is 0.250 e. The number of nitrogens with zero attached hydrogens (tertiary/aromatic N) is 1. The van der Waals surface area contributed by atoms with E-state index in [-0.39, 0.29) is 17.2 Å². The van der Waals surface area contributed by atoms with Crippen LogP contribution in [0.15, 0.2) is 18.2 Å². The van der Waals surface area contributed by atoms with Crippen LogP contribution < -0.4 is 16.4 Å². The number of carbonyl (C=O) groups excluding carboxylic acids is 2. The van der Waals surface area contributed by atoms with Crippen molar-refractivity contribution < 1.29 is 14.9 Å². The Morgan fingerprint density at radius 3 is 2.77 bits per heavy atom. The molecule has 1 aromatic carbocycles. The number of hydrogen-bond acceptors (Lipinski definition) is 3. The van der Waals surface area contributed by atoms with Crippen LogP contribution in [0.2, 0.25) is 0 Å². The van der Waals surface area contributed by atoms with Gasteiger partial charge in [-0.2, -0.15) is 0 Å². The molecule has 0 saturated heterocycles. The van der Waals surface area contributed by atoms with Crippen LogP contribution in [-0.2, 0) is 12.8 Å². The summed E-state index contributed by atoms with van der Waals surface area (Å²) >= 11 is 0. The number of quaternary nitrogens is 1. The molecular weight excluding hydrogens is 376 g/mol. The molecule has 1 amide bonds. The first kappa shape index (κ1) is 20.7. The molecule has 160 valence electrons. The van der Waals surface area contributed by atoms with Crippen molar-refractivity contribution in [2.45, 2.75) is 59.4 Å². The van der Waals surface area contributed by atoms with Crippen molar-refractivity contribution in [2.75, 3.05) is 18.4 Å². The molecule has 4 rings (SSSR count). The Balaban J connectivity index is 1.96. The number of fused-ring (bicyclic) bond motifs is 6. The maximum absolute atomic E-state index is 13.1. The second-order valence-electron chi connectivity index (χ2n) is 9.73. The van der Waals surface area contributed by atoms with E-state index in [1.807, 2.05) is 18.2 Å². The molecule has 0 unspecified atom stereocenters. The number of carbonyl (C=O) groups is 2. The monoisotopic (exact) mass is 409 g/mol. The third kappa shape index (κ3) is 3.65. The summed E-state index contributed by atoms with van der Waals surface area (Å²) in [4.78, 5) is 25.1. The number of nitrogens with one attached hydrogen (secondary N) is 1. The van der Waals surface area contributed by atoms with Crippen LogP contribution in [0.4, 0.5) is 5.69 Å². The first-order valence-electron chi connectivity index (χ1n) is 11.0. The average Bonchev–Trinajstić information content (AvgIpc) is 2.90. The Kier molecular flexibility index (Phi) is 5.22. The van der Waals surface area contributed by atoms with E-state index < -0.39 is 5.91 Å². The standard InChI is InChI=1S/C24H32N4O2/c1-14-13-26-9-5-6-19-15(2)22-20(11-24(3,4)12-21(22)29)28(19)16-7-8-17(23(25)30)18(10-16)27-14/h7-8,10,14,26-27H,5-6,9,11-13H2,1-4H3,(H2,25,30)/p+1/t14-/m0/s1. The van der Waals surface area contributed by atoms with Crippen LogP contribution in [0.3, 0.4) is 0 Å². The molecular formula is C24H33N4O2+. The van der Waals surface area contributed by atoms with Gasteiger partial charge in [-0.1, -0.05) is 13.8 Å². The lowest BCUT2D eigenvalue weighted by Gasteiger charge is -2.30. The fourth-order valence-corrected chi connectivity index (χ4v) is 5.10. The Bertz CT molecular complexity index is 1020. The molecule has 2 bridgehead atoms. The Hall–Kier alpha value is -2.60. The van der Waals surface area contributed by atoms with E-state index >= 15 is 0 Å². The zero-order valence-corrected chi connectivity index (χ0v) is 18.5. The van der Waals surface area contributed by atoms with Crippen LogP contribution in [0.1, 0.15) is 71.3 Å². The summed E-state index contributed by atoms with van der Waals surface area (Å²) in [5.41, 5.74) is 12.2. The first-order valence-corrected chi connectivity index (χ1v) is 11.0. The largest absolute Gasteiger partial charge is 0.376 e. The number of aromatic nitrogens is 1. The van der Waals surface area contributed by atoms with Crippen LogP contribution in [0, 0.1) is 12.3 Å². The lowest BCUT2D eigenvalue weighted by atomic mass is 9.75. The van der Waals surface area contributed by atoms with Gasteiger partial charge in [0.25, 0.3) is 5.91 Å². The lowest BCUT2D eigenvalue weighted by molar-refractivity contribution is -0.655. The first-order chi connectivity index (χ1) is 14.2. The van der Waals surface area contributed by atoms with E-state index in [1.165, 1.54) is 5.69 Å². The summed E-state index contributed by atoms with van der Waals surface area (Å²) in [5, 5.41) is 5.79. The number of nitrogens with two attached hydrogens (primary N) is 2. The van der Waals surface area contributed by atoms with E-state index in [4.69, 9.17) is 5.73 Å². The fraction of sp³-hybridized carbons (Fsp3) is 0.500. The van der Waals surface area contributed by atoms with Crippen molar-refractivity contribution in [2.24, 2.45) is 11.1 Å². The molecule has 0 spiro atoms. The molecule has 2 heterocycles. The summed E-state index contributed by atoms with van der Waals surface area (Å²) in [7, 11) is 0. The van der Waals surface area contributed by atoms with E-state index in [0.29, 0.717) is 12.0 Å². The highest BCUT2D eigenvalue weighted by Gasteiger charge is 2.36. The van der Waals surface area contributed by atoms with E-state index in [1.54, 1.807) is 0 Å². The number of hydrogen-bond donors (Lipinski definition) is 3. The van der Waals surface area contributed by atoms with Gasteiger partial charge in [-0.3, -0.25) is 9.59 Å². The third-order valence-corrected chi connectivity index (χ3v) is 6.47. The van der Waals surface area contributed by atoms with Gasteiger partial charge in [-0.15, -0.1) is 0 Å². The minimum absolute atomic E-state index is 0.0636. The fourth-order valence-electron chi connectivity index (χ4n) is 5.10. The van der Waals surface area contributed by atoms with Crippen molar-refractivity contribution >= 4 is 17.4 Å². The molecule has 2 aromatic rings. The molecule has 30 heavy (non-hydrogen) atoms. The number of rotatable bonds is 1.